The number of hydrogen-bond acceptors (Lipinski definition) is 5. The lowest BCUT2D eigenvalue weighted by atomic mass is 10.0. The maximum absolute atomic E-state index is 13.5. The summed E-state index contributed by atoms with van der Waals surface area (Å²) in [6, 6.07) is 19.3. The number of nitrogens with one attached hydrogen (secondary N) is 1. The Morgan fingerprint density at radius 1 is 1.00 bits per heavy atom. The molecule has 0 spiro atoms. The third-order valence-electron chi connectivity index (χ3n) is 5.45. The van der Waals surface area contributed by atoms with Gasteiger partial charge in [-0.05, 0) is 54.6 Å². The summed E-state index contributed by atoms with van der Waals surface area (Å²) in [6.07, 6.45) is 0.688. The van der Waals surface area contributed by atoms with E-state index < -0.39 is 0 Å². The predicted molar refractivity (Wildman–Crippen MR) is 125 cm³/mol. The van der Waals surface area contributed by atoms with Crippen molar-refractivity contribution < 1.29 is 18.3 Å². The van der Waals surface area contributed by atoms with Crippen LogP contribution in [0.15, 0.2) is 78.0 Å². The molecule has 1 atom stereocenters. The van der Waals surface area contributed by atoms with E-state index in [1.54, 1.807) is 28.8 Å². The summed E-state index contributed by atoms with van der Waals surface area (Å²) < 4.78 is 34.4. The highest BCUT2D eigenvalue weighted by Crippen LogP contribution is 2.32. The Kier molecular flexibility index (Phi) is 6.27. The van der Waals surface area contributed by atoms with Gasteiger partial charge < -0.3 is 10.1 Å². The van der Waals surface area contributed by atoms with Crippen molar-refractivity contribution in [3.63, 3.8) is 0 Å². The number of nitrogens with zero attached hydrogens (tertiary/aromatic N) is 3. The summed E-state index contributed by atoms with van der Waals surface area (Å²) in [4.78, 5) is 12.8. The van der Waals surface area contributed by atoms with Gasteiger partial charge in [0.2, 0.25) is 5.91 Å². The van der Waals surface area contributed by atoms with E-state index in [9.17, 15) is 13.6 Å². The quantitative estimate of drug-likeness (QED) is 0.398. The van der Waals surface area contributed by atoms with Crippen molar-refractivity contribution in [3.8, 4) is 22.8 Å². The average molecular weight is 479 g/mol. The Bertz CT molecular complexity index is 1310. The molecular weight excluding hydrogens is 458 g/mol. The van der Waals surface area contributed by atoms with E-state index in [0.717, 1.165) is 11.3 Å². The molecule has 1 aliphatic heterocycles. The van der Waals surface area contributed by atoms with Gasteiger partial charge in [-0.3, -0.25) is 9.36 Å². The molecule has 6 nitrogen and oxygen atoms in total. The lowest BCUT2D eigenvalue weighted by molar-refractivity contribution is -0.119. The predicted octanol–water partition coefficient (Wildman–Crippen LogP) is 4.94. The lowest BCUT2D eigenvalue weighted by Crippen LogP contribution is -2.33. The first-order valence-electron chi connectivity index (χ1n) is 10.7. The number of halogens is 2. The van der Waals surface area contributed by atoms with Crippen molar-refractivity contribution in [2.45, 2.75) is 17.6 Å². The van der Waals surface area contributed by atoms with Gasteiger partial charge in [0.1, 0.15) is 17.4 Å². The number of thioether (sulfide) groups is 1. The molecule has 3 aromatic carbocycles. The van der Waals surface area contributed by atoms with Gasteiger partial charge >= 0.3 is 0 Å². The Morgan fingerprint density at radius 3 is 2.47 bits per heavy atom. The molecule has 172 valence electrons. The molecule has 0 radical (unpaired) electrons. The van der Waals surface area contributed by atoms with E-state index in [2.05, 4.69) is 15.5 Å². The molecule has 0 saturated heterocycles. The monoisotopic (exact) mass is 478 g/mol. The average Bonchev–Trinajstić information content (AvgIpc) is 3.28. The number of para-hydroxylation sites is 1. The van der Waals surface area contributed by atoms with Gasteiger partial charge in [-0.15, -0.1) is 10.2 Å². The van der Waals surface area contributed by atoms with Gasteiger partial charge in [0.25, 0.3) is 0 Å². The second-order valence-corrected chi connectivity index (χ2v) is 8.65. The summed E-state index contributed by atoms with van der Waals surface area (Å²) >= 11 is 1.22. The van der Waals surface area contributed by atoms with Crippen molar-refractivity contribution in [1.29, 1.82) is 0 Å². The normalized spacial score (nSPS) is 14.8. The van der Waals surface area contributed by atoms with Gasteiger partial charge in [-0.25, -0.2) is 8.78 Å². The summed E-state index contributed by atoms with van der Waals surface area (Å²) in [5.74, 6) is 0.480. The highest BCUT2D eigenvalue weighted by Gasteiger charge is 2.23. The van der Waals surface area contributed by atoms with Crippen LogP contribution < -0.4 is 10.1 Å². The van der Waals surface area contributed by atoms with Crippen LogP contribution in [-0.4, -0.2) is 33.0 Å². The molecule has 0 saturated carbocycles. The molecule has 1 aliphatic rings. The van der Waals surface area contributed by atoms with Crippen molar-refractivity contribution in [3.05, 3.63) is 90.0 Å². The molecule has 0 fully saturated rings. The minimum atomic E-state index is -0.370. The smallest absolute Gasteiger partial charge is 0.230 e. The van der Waals surface area contributed by atoms with Crippen LogP contribution >= 0.6 is 11.8 Å². The Balaban J connectivity index is 1.37. The Labute approximate surface area is 199 Å². The van der Waals surface area contributed by atoms with Crippen LogP contribution in [0.4, 0.5) is 8.78 Å². The lowest BCUT2D eigenvalue weighted by Gasteiger charge is -2.26. The fourth-order valence-electron chi connectivity index (χ4n) is 3.83. The van der Waals surface area contributed by atoms with Crippen LogP contribution in [0.2, 0.25) is 0 Å². The summed E-state index contributed by atoms with van der Waals surface area (Å²) in [6.45, 7) is 0.537. The summed E-state index contributed by atoms with van der Waals surface area (Å²) in [7, 11) is 0. The molecule has 34 heavy (non-hydrogen) atoms. The van der Waals surface area contributed by atoms with Crippen LogP contribution in [-0.2, 0) is 4.79 Å². The first-order chi connectivity index (χ1) is 16.6. The van der Waals surface area contributed by atoms with Gasteiger partial charge in [0, 0.05) is 23.2 Å². The largest absolute Gasteiger partial charge is 0.493 e. The first-order valence-corrected chi connectivity index (χ1v) is 11.7. The number of ether oxygens (including phenoxy) is 1. The van der Waals surface area contributed by atoms with Gasteiger partial charge in [0.05, 0.1) is 18.4 Å². The van der Waals surface area contributed by atoms with Crippen LogP contribution in [0.5, 0.6) is 5.75 Å². The number of fused-ring (bicyclic) bond motifs is 1. The molecule has 9 heteroatoms. The molecule has 5 rings (SSSR count). The molecule has 1 aromatic heterocycles. The highest BCUT2D eigenvalue weighted by atomic mass is 32.2. The van der Waals surface area contributed by atoms with E-state index in [4.69, 9.17) is 4.74 Å². The number of carbonyl (C=O) groups excluding carboxylic acids is 1. The van der Waals surface area contributed by atoms with E-state index in [0.29, 0.717) is 35.3 Å². The van der Waals surface area contributed by atoms with Crippen LogP contribution in [0.25, 0.3) is 17.1 Å². The third-order valence-corrected chi connectivity index (χ3v) is 6.38. The Hall–Kier alpha value is -3.72. The van der Waals surface area contributed by atoms with Crippen LogP contribution in [0.1, 0.15) is 18.0 Å². The molecule has 1 N–H and O–H groups in total. The maximum Gasteiger partial charge on any atom is 0.230 e. The fraction of sp³-hybridized carbons (Fsp3) is 0.160. The van der Waals surface area contributed by atoms with Crippen LogP contribution in [0.3, 0.4) is 0 Å². The minimum absolute atomic E-state index is 0.113. The number of rotatable bonds is 6. The number of carbonyl (C=O) groups is 1. The van der Waals surface area contributed by atoms with E-state index >= 15 is 0 Å². The summed E-state index contributed by atoms with van der Waals surface area (Å²) in [5.41, 5.74) is 2.24. The topological polar surface area (TPSA) is 69.0 Å². The Morgan fingerprint density at radius 2 is 1.71 bits per heavy atom. The molecule has 2 heterocycles. The van der Waals surface area contributed by atoms with Crippen LogP contribution in [0, 0.1) is 11.6 Å². The second-order valence-electron chi connectivity index (χ2n) is 7.71. The van der Waals surface area contributed by atoms with Crippen molar-refractivity contribution in [1.82, 2.24) is 20.1 Å². The van der Waals surface area contributed by atoms with Gasteiger partial charge in [-0.1, -0.05) is 30.0 Å². The minimum Gasteiger partial charge on any atom is -0.493 e. The molecule has 4 aromatic rings. The highest BCUT2D eigenvalue weighted by molar-refractivity contribution is 7.99. The number of hydrogen-bond donors (Lipinski definition) is 1. The maximum atomic E-state index is 13.5. The molecular formula is C25H20F2N4O2S. The molecule has 1 amide bonds. The van der Waals surface area contributed by atoms with Crippen molar-refractivity contribution in [2.24, 2.45) is 0 Å². The fourth-order valence-corrected chi connectivity index (χ4v) is 4.59. The van der Waals surface area contributed by atoms with Gasteiger partial charge in [-0.2, -0.15) is 0 Å². The molecule has 0 bridgehead atoms. The standard InChI is InChI=1S/C25H20F2N4O2S/c26-17-7-5-16(6-8-17)24-29-30-25(31(24)19-11-9-18(27)10-12-19)34-15-23(32)28-21-13-14-33-22-4-2-1-3-20(21)22/h1-12,21H,13-15H2,(H,28,32)/t21-/m1/s1. The van der Waals surface area contributed by atoms with Crippen molar-refractivity contribution >= 4 is 17.7 Å². The zero-order chi connectivity index (χ0) is 23.5. The third kappa shape index (κ3) is 4.65. The number of benzene rings is 3. The molecule has 0 unspecified atom stereocenters. The zero-order valence-electron chi connectivity index (χ0n) is 17.9. The van der Waals surface area contributed by atoms with E-state index in [1.165, 1.54) is 36.0 Å². The number of amides is 1. The zero-order valence-corrected chi connectivity index (χ0v) is 18.8. The second kappa shape index (κ2) is 9.64. The van der Waals surface area contributed by atoms with E-state index in [1.807, 2.05) is 24.3 Å². The number of aromatic nitrogens is 3. The SMILES string of the molecule is O=C(CSc1nnc(-c2ccc(F)cc2)n1-c1ccc(F)cc1)N[C@@H]1CCOc2ccccc21. The summed E-state index contributed by atoms with van der Waals surface area (Å²) in [5, 5.41) is 12.1. The molecule has 0 aliphatic carbocycles. The first kappa shape index (κ1) is 22.1. The van der Waals surface area contributed by atoms with E-state index in [-0.39, 0.29) is 29.3 Å². The van der Waals surface area contributed by atoms with Crippen molar-refractivity contribution in [2.75, 3.05) is 12.4 Å². The van der Waals surface area contributed by atoms with Gasteiger partial charge in [0.15, 0.2) is 11.0 Å².